The first-order chi connectivity index (χ1) is 13.1. The number of benzene rings is 1. The van der Waals surface area contributed by atoms with Crippen molar-refractivity contribution in [3.05, 3.63) is 35.4 Å². The minimum Gasteiger partial charge on any atom is -0.497 e. The summed E-state index contributed by atoms with van der Waals surface area (Å²) in [5.74, 6) is 1.40. The molecule has 0 amide bonds. The Morgan fingerprint density at radius 3 is 2.30 bits per heavy atom. The number of alkyl halides is 1. The Bertz CT molecular complexity index is 522. The van der Waals surface area contributed by atoms with Crippen LogP contribution in [-0.4, -0.2) is 25.6 Å². The molecule has 0 fully saturated rings. The van der Waals surface area contributed by atoms with E-state index in [1.54, 1.807) is 7.11 Å². The monoisotopic (exact) mass is 396 g/mol. The summed E-state index contributed by atoms with van der Waals surface area (Å²) in [4.78, 5) is 12.0. The van der Waals surface area contributed by atoms with Gasteiger partial charge in [-0.3, -0.25) is 0 Å². The van der Waals surface area contributed by atoms with Gasteiger partial charge in [0.15, 0.2) is 0 Å². The molecule has 4 heteroatoms. The van der Waals surface area contributed by atoms with E-state index in [2.05, 4.69) is 13.8 Å². The number of hydrogen-bond acceptors (Lipinski definition) is 3. The molecule has 0 N–H and O–H groups in total. The molecule has 3 nitrogen and oxygen atoms in total. The summed E-state index contributed by atoms with van der Waals surface area (Å²) in [6.07, 6.45) is 10.7. The number of carbonyl (C=O) groups excluding carboxylic acids is 1. The van der Waals surface area contributed by atoms with Crippen LogP contribution in [0.1, 0.15) is 77.7 Å². The first-order valence-electron chi connectivity index (χ1n) is 10.2. The first kappa shape index (κ1) is 25.5. The molecule has 0 radical (unpaired) electrons. The Hall–Kier alpha value is -1.48. The normalized spacial score (nSPS) is 10.8. The maximum Gasteiger partial charge on any atom is 0.334 e. The SMILES string of the molecule is CCCCCCOC(=O)C(=Cc1cccc(OC)c1)CC.CCCCCCl. The molecule has 0 aliphatic rings. The van der Waals surface area contributed by atoms with Crippen molar-refractivity contribution in [2.24, 2.45) is 0 Å². The van der Waals surface area contributed by atoms with Crippen LogP contribution < -0.4 is 4.74 Å². The molecule has 0 atom stereocenters. The third-order valence-corrected chi connectivity index (χ3v) is 4.31. The maximum absolute atomic E-state index is 12.0. The first-order valence-corrected chi connectivity index (χ1v) is 10.7. The summed E-state index contributed by atoms with van der Waals surface area (Å²) in [7, 11) is 1.63. The van der Waals surface area contributed by atoms with Gasteiger partial charge in [-0.25, -0.2) is 4.79 Å². The van der Waals surface area contributed by atoms with Crippen LogP contribution in [0.15, 0.2) is 29.8 Å². The summed E-state index contributed by atoms with van der Waals surface area (Å²) in [5, 5.41) is 0. The van der Waals surface area contributed by atoms with E-state index < -0.39 is 0 Å². The minimum atomic E-state index is -0.211. The van der Waals surface area contributed by atoms with E-state index >= 15 is 0 Å². The van der Waals surface area contributed by atoms with E-state index in [0.29, 0.717) is 18.6 Å². The van der Waals surface area contributed by atoms with Gasteiger partial charge in [0.2, 0.25) is 0 Å². The summed E-state index contributed by atoms with van der Waals surface area (Å²) in [6.45, 7) is 6.81. The number of halogens is 1. The van der Waals surface area contributed by atoms with Gasteiger partial charge in [0.05, 0.1) is 13.7 Å². The van der Waals surface area contributed by atoms with Crippen LogP contribution in [-0.2, 0) is 9.53 Å². The second-order valence-electron chi connectivity index (χ2n) is 6.39. The Morgan fingerprint density at radius 1 is 1.04 bits per heavy atom. The van der Waals surface area contributed by atoms with Crippen molar-refractivity contribution in [3.63, 3.8) is 0 Å². The van der Waals surface area contributed by atoms with Crippen LogP contribution in [0.5, 0.6) is 5.75 Å². The number of methoxy groups -OCH3 is 1. The fourth-order valence-electron chi connectivity index (χ4n) is 2.37. The molecular formula is C23H37ClO3. The molecule has 0 heterocycles. The molecule has 1 aromatic carbocycles. The largest absolute Gasteiger partial charge is 0.497 e. The average molecular weight is 397 g/mol. The molecule has 1 aromatic rings. The van der Waals surface area contributed by atoms with Crippen LogP contribution >= 0.6 is 11.6 Å². The Kier molecular flexibility index (Phi) is 16.9. The van der Waals surface area contributed by atoms with Gasteiger partial charge in [-0.1, -0.05) is 65.0 Å². The Balaban J connectivity index is 0.000000972. The number of ether oxygens (including phenoxy) is 2. The third kappa shape index (κ3) is 13.4. The predicted molar refractivity (Wildman–Crippen MR) is 117 cm³/mol. The molecule has 1 rings (SSSR count). The van der Waals surface area contributed by atoms with Crippen LogP contribution in [0.4, 0.5) is 0 Å². The van der Waals surface area contributed by atoms with Gasteiger partial charge in [0.1, 0.15) is 5.75 Å². The maximum atomic E-state index is 12.0. The highest BCUT2D eigenvalue weighted by Gasteiger charge is 2.09. The van der Waals surface area contributed by atoms with Crippen molar-refractivity contribution in [2.75, 3.05) is 19.6 Å². The van der Waals surface area contributed by atoms with E-state index in [9.17, 15) is 4.79 Å². The van der Waals surface area contributed by atoms with E-state index in [1.807, 2.05) is 37.3 Å². The summed E-state index contributed by atoms with van der Waals surface area (Å²) in [5.41, 5.74) is 1.65. The second-order valence-corrected chi connectivity index (χ2v) is 6.77. The topological polar surface area (TPSA) is 35.5 Å². The van der Waals surface area contributed by atoms with Crippen LogP contribution in [0.2, 0.25) is 0 Å². The fraction of sp³-hybridized carbons (Fsp3) is 0.609. The lowest BCUT2D eigenvalue weighted by molar-refractivity contribution is -0.139. The molecule has 0 saturated carbocycles. The summed E-state index contributed by atoms with van der Waals surface area (Å²) < 4.78 is 10.5. The van der Waals surface area contributed by atoms with Gasteiger partial charge in [-0.2, -0.15) is 0 Å². The molecular weight excluding hydrogens is 360 g/mol. The van der Waals surface area contributed by atoms with Gasteiger partial charge in [-0.15, -0.1) is 11.6 Å². The summed E-state index contributed by atoms with van der Waals surface area (Å²) in [6, 6.07) is 7.65. The Morgan fingerprint density at radius 2 is 1.74 bits per heavy atom. The van der Waals surface area contributed by atoms with Crippen molar-refractivity contribution < 1.29 is 14.3 Å². The molecule has 0 aliphatic heterocycles. The van der Waals surface area contributed by atoms with Gasteiger partial charge in [0, 0.05) is 11.5 Å². The van der Waals surface area contributed by atoms with Gasteiger partial charge in [-0.05, 0) is 43.0 Å². The van der Waals surface area contributed by atoms with Crippen molar-refractivity contribution in [1.29, 1.82) is 0 Å². The fourth-order valence-corrected chi connectivity index (χ4v) is 2.56. The summed E-state index contributed by atoms with van der Waals surface area (Å²) >= 11 is 5.38. The van der Waals surface area contributed by atoms with E-state index in [0.717, 1.165) is 30.0 Å². The van der Waals surface area contributed by atoms with Gasteiger partial charge in [0.25, 0.3) is 0 Å². The zero-order valence-corrected chi connectivity index (χ0v) is 18.3. The molecule has 0 aromatic heterocycles. The van der Waals surface area contributed by atoms with Gasteiger partial charge < -0.3 is 9.47 Å². The van der Waals surface area contributed by atoms with Crippen LogP contribution in [0.3, 0.4) is 0 Å². The highest BCUT2D eigenvalue weighted by Crippen LogP contribution is 2.17. The minimum absolute atomic E-state index is 0.211. The molecule has 0 aliphatic carbocycles. The van der Waals surface area contributed by atoms with Crippen molar-refractivity contribution >= 4 is 23.6 Å². The second kappa shape index (κ2) is 17.9. The van der Waals surface area contributed by atoms with E-state index in [1.165, 1.54) is 32.1 Å². The van der Waals surface area contributed by atoms with E-state index in [4.69, 9.17) is 21.1 Å². The molecule has 0 bridgehead atoms. The highest BCUT2D eigenvalue weighted by atomic mass is 35.5. The molecule has 27 heavy (non-hydrogen) atoms. The van der Waals surface area contributed by atoms with E-state index in [-0.39, 0.29) is 5.97 Å². The number of hydrogen-bond donors (Lipinski definition) is 0. The van der Waals surface area contributed by atoms with Crippen molar-refractivity contribution in [2.45, 2.75) is 72.1 Å². The average Bonchev–Trinajstić information content (AvgIpc) is 2.70. The zero-order chi connectivity index (χ0) is 20.3. The number of rotatable bonds is 12. The number of esters is 1. The standard InChI is InChI=1S/C18H26O3.C5H11Cl/c1-4-6-7-8-12-21-18(19)16(5-2)13-15-10-9-11-17(14-15)20-3;1-2-3-4-5-6/h9-11,13-14H,4-8,12H2,1-3H3;2-5H2,1H3. The lowest BCUT2D eigenvalue weighted by Crippen LogP contribution is -2.08. The van der Waals surface area contributed by atoms with Crippen LogP contribution in [0.25, 0.3) is 6.08 Å². The molecule has 0 saturated heterocycles. The highest BCUT2D eigenvalue weighted by molar-refractivity contribution is 6.17. The quantitative estimate of drug-likeness (QED) is 0.165. The van der Waals surface area contributed by atoms with Crippen LogP contribution in [0, 0.1) is 0 Å². The van der Waals surface area contributed by atoms with Crippen molar-refractivity contribution in [3.8, 4) is 5.75 Å². The smallest absolute Gasteiger partial charge is 0.334 e. The Labute approximate surface area is 171 Å². The molecule has 0 unspecified atom stereocenters. The lowest BCUT2D eigenvalue weighted by Gasteiger charge is -2.07. The van der Waals surface area contributed by atoms with Crippen molar-refractivity contribution in [1.82, 2.24) is 0 Å². The van der Waals surface area contributed by atoms with Gasteiger partial charge >= 0.3 is 5.97 Å². The predicted octanol–water partition coefficient (Wildman–Crippen LogP) is 7.03. The zero-order valence-electron chi connectivity index (χ0n) is 17.6. The number of unbranched alkanes of at least 4 members (excludes halogenated alkanes) is 5. The molecule has 0 spiro atoms. The molecule has 154 valence electrons. The number of carbonyl (C=O) groups is 1. The lowest BCUT2D eigenvalue weighted by atomic mass is 10.1. The third-order valence-electron chi connectivity index (χ3n) is 4.05.